The lowest BCUT2D eigenvalue weighted by Gasteiger charge is -2.22. The van der Waals surface area contributed by atoms with Gasteiger partial charge in [0, 0.05) is 12.0 Å². The van der Waals surface area contributed by atoms with Crippen molar-refractivity contribution >= 4 is 23.6 Å². The summed E-state index contributed by atoms with van der Waals surface area (Å²) in [5, 5.41) is 11.9. The van der Waals surface area contributed by atoms with Crippen LogP contribution in [0.5, 0.6) is 0 Å². The summed E-state index contributed by atoms with van der Waals surface area (Å²) >= 11 is 1.91. The second-order valence-corrected chi connectivity index (χ2v) is 6.17. The number of carbonyl (C=O) groups excluding carboxylic acids is 1. The topological polar surface area (TPSA) is 66.4 Å². The van der Waals surface area contributed by atoms with E-state index in [2.05, 4.69) is 5.32 Å². The van der Waals surface area contributed by atoms with E-state index >= 15 is 0 Å². The van der Waals surface area contributed by atoms with Crippen LogP contribution >= 0.6 is 11.8 Å². The quantitative estimate of drug-likeness (QED) is 0.804. The Morgan fingerprint density at radius 2 is 1.76 bits per heavy atom. The second kappa shape index (κ2) is 5.76. The Kier molecular flexibility index (Phi) is 4.31. The van der Waals surface area contributed by atoms with Gasteiger partial charge >= 0.3 is 5.97 Å². The molecule has 0 aromatic rings. The SMILES string of the molecule is O=C(N[C@H]1CC[C@@H](C(=O)O)C1)C1CCSCC1. The summed E-state index contributed by atoms with van der Waals surface area (Å²) in [5.74, 6) is 1.44. The first kappa shape index (κ1) is 12.7. The Labute approximate surface area is 106 Å². The molecular weight excluding hydrogens is 238 g/mol. The molecule has 4 nitrogen and oxygen atoms in total. The largest absolute Gasteiger partial charge is 0.481 e. The van der Waals surface area contributed by atoms with Crippen molar-refractivity contribution < 1.29 is 14.7 Å². The fourth-order valence-corrected chi connectivity index (χ4v) is 3.72. The van der Waals surface area contributed by atoms with Gasteiger partial charge in [0.15, 0.2) is 0 Å². The molecule has 1 heterocycles. The third kappa shape index (κ3) is 3.37. The summed E-state index contributed by atoms with van der Waals surface area (Å²) < 4.78 is 0. The lowest BCUT2D eigenvalue weighted by atomic mass is 10.0. The van der Waals surface area contributed by atoms with Crippen molar-refractivity contribution in [3.05, 3.63) is 0 Å². The first-order chi connectivity index (χ1) is 8.16. The zero-order valence-corrected chi connectivity index (χ0v) is 10.7. The molecule has 2 atom stereocenters. The average Bonchev–Trinajstić information content (AvgIpc) is 2.79. The van der Waals surface area contributed by atoms with Gasteiger partial charge in [-0.3, -0.25) is 9.59 Å². The van der Waals surface area contributed by atoms with Crippen LogP contribution < -0.4 is 5.32 Å². The monoisotopic (exact) mass is 257 g/mol. The standard InChI is InChI=1S/C12H19NO3S/c14-11(8-3-5-17-6-4-8)13-10-2-1-9(7-10)12(15)16/h8-10H,1-7H2,(H,13,14)(H,15,16)/t9-,10+/m1/s1. The second-order valence-electron chi connectivity index (χ2n) is 4.94. The van der Waals surface area contributed by atoms with Crippen molar-refractivity contribution in [2.45, 2.75) is 38.1 Å². The number of nitrogens with one attached hydrogen (secondary N) is 1. The molecule has 0 spiro atoms. The number of carboxylic acid groups (broad SMARTS) is 1. The molecule has 1 aliphatic heterocycles. The van der Waals surface area contributed by atoms with E-state index in [1.807, 2.05) is 11.8 Å². The molecule has 17 heavy (non-hydrogen) atoms. The normalized spacial score (nSPS) is 30.1. The molecule has 1 saturated carbocycles. The highest BCUT2D eigenvalue weighted by atomic mass is 32.2. The van der Waals surface area contributed by atoms with Crippen LogP contribution in [0.1, 0.15) is 32.1 Å². The van der Waals surface area contributed by atoms with E-state index in [0.717, 1.165) is 30.8 Å². The third-order valence-electron chi connectivity index (χ3n) is 3.72. The zero-order valence-electron chi connectivity index (χ0n) is 9.85. The maximum atomic E-state index is 12.0. The molecule has 1 aliphatic carbocycles. The van der Waals surface area contributed by atoms with E-state index in [0.29, 0.717) is 12.8 Å². The average molecular weight is 257 g/mol. The number of hydrogen-bond donors (Lipinski definition) is 2. The first-order valence-electron chi connectivity index (χ1n) is 6.27. The number of aliphatic carboxylic acids is 1. The zero-order chi connectivity index (χ0) is 12.3. The van der Waals surface area contributed by atoms with Crippen LogP contribution in [-0.2, 0) is 9.59 Å². The molecule has 0 aromatic heterocycles. The van der Waals surface area contributed by atoms with Crippen molar-refractivity contribution in [2.75, 3.05) is 11.5 Å². The van der Waals surface area contributed by atoms with Gasteiger partial charge in [0.25, 0.3) is 0 Å². The fraction of sp³-hybridized carbons (Fsp3) is 0.833. The van der Waals surface area contributed by atoms with Gasteiger partial charge in [0.2, 0.25) is 5.91 Å². The van der Waals surface area contributed by atoms with Crippen LogP contribution in [0.15, 0.2) is 0 Å². The molecule has 0 unspecified atom stereocenters. The molecule has 5 heteroatoms. The van der Waals surface area contributed by atoms with Gasteiger partial charge < -0.3 is 10.4 Å². The first-order valence-corrected chi connectivity index (χ1v) is 7.43. The Hall–Kier alpha value is -0.710. The Bertz CT molecular complexity index is 302. The van der Waals surface area contributed by atoms with Crippen LogP contribution in [0, 0.1) is 11.8 Å². The van der Waals surface area contributed by atoms with Crippen LogP contribution in [0.25, 0.3) is 0 Å². The molecule has 2 fully saturated rings. The summed E-state index contributed by atoms with van der Waals surface area (Å²) in [6.45, 7) is 0. The van der Waals surface area contributed by atoms with Crippen molar-refractivity contribution in [3.8, 4) is 0 Å². The van der Waals surface area contributed by atoms with Crippen LogP contribution in [0.4, 0.5) is 0 Å². The van der Waals surface area contributed by atoms with E-state index in [4.69, 9.17) is 5.11 Å². The van der Waals surface area contributed by atoms with Crippen molar-refractivity contribution in [2.24, 2.45) is 11.8 Å². The number of thioether (sulfide) groups is 1. The molecule has 2 aliphatic rings. The Morgan fingerprint density at radius 1 is 1.06 bits per heavy atom. The molecule has 1 amide bonds. The summed E-state index contributed by atoms with van der Waals surface area (Å²) in [6, 6.07) is 0.0816. The van der Waals surface area contributed by atoms with E-state index in [1.165, 1.54) is 0 Å². The number of carboxylic acids is 1. The summed E-state index contributed by atoms with van der Waals surface area (Å²) in [7, 11) is 0. The van der Waals surface area contributed by atoms with Gasteiger partial charge in [-0.25, -0.2) is 0 Å². The van der Waals surface area contributed by atoms with Gasteiger partial charge in [0.1, 0.15) is 0 Å². The van der Waals surface area contributed by atoms with Crippen molar-refractivity contribution in [1.29, 1.82) is 0 Å². The van der Waals surface area contributed by atoms with Crippen LogP contribution in [0.2, 0.25) is 0 Å². The third-order valence-corrected chi connectivity index (χ3v) is 4.77. The summed E-state index contributed by atoms with van der Waals surface area (Å²) in [6.07, 6.45) is 4.03. The smallest absolute Gasteiger partial charge is 0.306 e. The number of amides is 1. The maximum Gasteiger partial charge on any atom is 0.306 e. The molecule has 1 saturated heterocycles. The minimum atomic E-state index is -0.726. The van der Waals surface area contributed by atoms with Gasteiger partial charge in [-0.1, -0.05) is 0 Å². The van der Waals surface area contributed by atoms with E-state index in [1.54, 1.807) is 0 Å². The Balaban J connectivity index is 1.77. The van der Waals surface area contributed by atoms with Gasteiger partial charge in [0.05, 0.1) is 5.92 Å². The van der Waals surface area contributed by atoms with Gasteiger partial charge in [-0.05, 0) is 43.6 Å². The predicted octanol–water partition coefficient (Wildman–Crippen LogP) is 1.50. The van der Waals surface area contributed by atoms with E-state index in [-0.39, 0.29) is 23.8 Å². The molecule has 0 radical (unpaired) electrons. The fourth-order valence-electron chi connectivity index (χ4n) is 2.62. The molecule has 2 rings (SSSR count). The Morgan fingerprint density at radius 3 is 2.35 bits per heavy atom. The number of rotatable bonds is 3. The van der Waals surface area contributed by atoms with Crippen LogP contribution in [0.3, 0.4) is 0 Å². The minimum absolute atomic E-state index is 0.0816. The summed E-state index contributed by atoms with van der Waals surface area (Å²) in [5.41, 5.74) is 0. The highest BCUT2D eigenvalue weighted by Crippen LogP contribution is 2.27. The van der Waals surface area contributed by atoms with Gasteiger partial charge in [-0.2, -0.15) is 11.8 Å². The highest BCUT2D eigenvalue weighted by molar-refractivity contribution is 7.99. The molecule has 2 N–H and O–H groups in total. The van der Waals surface area contributed by atoms with Crippen molar-refractivity contribution in [3.63, 3.8) is 0 Å². The van der Waals surface area contributed by atoms with Crippen molar-refractivity contribution in [1.82, 2.24) is 5.32 Å². The highest BCUT2D eigenvalue weighted by Gasteiger charge is 2.32. The number of carbonyl (C=O) groups is 2. The number of hydrogen-bond acceptors (Lipinski definition) is 3. The van der Waals surface area contributed by atoms with Crippen LogP contribution in [-0.4, -0.2) is 34.5 Å². The maximum absolute atomic E-state index is 12.0. The van der Waals surface area contributed by atoms with Gasteiger partial charge in [-0.15, -0.1) is 0 Å². The molecule has 96 valence electrons. The van der Waals surface area contributed by atoms with E-state index < -0.39 is 5.97 Å². The molecular formula is C12H19NO3S. The lowest BCUT2D eigenvalue weighted by molar-refractivity contribution is -0.141. The summed E-state index contributed by atoms with van der Waals surface area (Å²) in [4.78, 5) is 22.8. The minimum Gasteiger partial charge on any atom is -0.481 e. The molecule has 0 bridgehead atoms. The molecule has 0 aromatic carbocycles. The predicted molar refractivity (Wildman–Crippen MR) is 67.0 cm³/mol. The van der Waals surface area contributed by atoms with E-state index in [9.17, 15) is 9.59 Å². The lowest BCUT2D eigenvalue weighted by Crippen LogP contribution is -2.39.